The largest absolute Gasteiger partial charge is 0.494 e. The second kappa shape index (κ2) is 5.21. The molecule has 5 heteroatoms. The third-order valence-corrected chi connectivity index (χ3v) is 2.11. The van der Waals surface area contributed by atoms with Crippen LogP contribution in [0.2, 0.25) is 0 Å². The minimum absolute atomic E-state index is 0.206. The summed E-state index contributed by atoms with van der Waals surface area (Å²) in [5.41, 5.74) is -0.915. The minimum Gasteiger partial charge on any atom is -0.494 e. The van der Waals surface area contributed by atoms with Crippen LogP contribution in [0.5, 0.6) is 0 Å². The van der Waals surface area contributed by atoms with Crippen LogP contribution in [0.4, 0.5) is 0 Å². The fourth-order valence-corrected chi connectivity index (χ4v) is 1.43. The van der Waals surface area contributed by atoms with E-state index >= 15 is 0 Å². The fraction of sp³-hybridized carbons (Fsp3) is 0.727. The SMILES string of the molecule is CCN(CC(C)(C)O)C(=O)C1=COCCO1. The van der Waals surface area contributed by atoms with Crippen LogP contribution in [0.15, 0.2) is 12.0 Å². The van der Waals surface area contributed by atoms with Gasteiger partial charge < -0.3 is 19.5 Å². The second-order valence-corrected chi connectivity index (χ2v) is 4.33. The molecule has 1 aliphatic rings. The average Bonchev–Trinajstić information content (AvgIpc) is 2.25. The molecule has 1 amide bonds. The summed E-state index contributed by atoms with van der Waals surface area (Å²) in [5.74, 6) is -0.0401. The van der Waals surface area contributed by atoms with Crippen molar-refractivity contribution >= 4 is 5.91 Å². The lowest BCUT2D eigenvalue weighted by Crippen LogP contribution is -2.43. The highest BCUT2D eigenvalue weighted by Gasteiger charge is 2.25. The van der Waals surface area contributed by atoms with E-state index in [1.54, 1.807) is 13.8 Å². The maximum atomic E-state index is 11.9. The molecule has 0 aliphatic carbocycles. The monoisotopic (exact) mass is 229 g/mol. The van der Waals surface area contributed by atoms with E-state index in [1.807, 2.05) is 6.92 Å². The van der Waals surface area contributed by atoms with Gasteiger partial charge in [-0.05, 0) is 20.8 Å². The molecule has 1 aliphatic heterocycles. The van der Waals surface area contributed by atoms with Crippen molar-refractivity contribution in [2.75, 3.05) is 26.3 Å². The maximum Gasteiger partial charge on any atom is 0.292 e. The standard InChI is InChI=1S/C11H19NO4/c1-4-12(8-11(2,3)14)10(13)9-7-15-5-6-16-9/h7,14H,4-6,8H2,1-3H3. The van der Waals surface area contributed by atoms with Crippen LogP contribution >= 0.6 is 0 Å². The Balaban J connectivity index is 2.65. The van der Waals surface area contributed by atoms with Gasteiger partial charge in [-0.25, -0.2) is 0 Å². The fourth-order valence-electron chi connectivity index (χ4n) is 1.43. The lowest BCUT2D eigenvalue weighted by Gasteiger charge is -2.29. The number of likely N-dealkylation sites (N-methyl/N-ethyl adjacent to an activating group) is 1. The second-order valence-electron chi connectivity index (χ2n) is 4.33. The van der Waals surface area contributed by atoms with Gasteiger partial charge in [-0.2, -0.15) is 0 Å². The predicted molar refractivity (Wildman–Crippen MR) is 58.5 cm³/mol. The molecule has 0 radical (unpaired) electrons. The number of aliphatic hydroxyl groups is 1. The molecule has 5 nitrogen and oxygen atoms in total. The summed E-state index contributed by atoms with van der Waals surface area (Å²) in [7, 11) is 0. The molecule has 0 bridgehead atoms. The molecule has 1 rings (SSSR count). The Labute approximate surface area is 95.6 Å². The summed E-state index contributed by atoms with van der Waals surface area (Å²) in [6.07, 6.45) is 1.33. The van der Waals surface area contributed by atoms with Crippen molar-refractivity contribution in [1.82, 2.24) is 4.90 Å². The molecule has 0 saturated carbocycles. The summed E-state index contributed by atoms with van der Waals surface area (Å²) < 4.78 is 10.2. The Kier molecular flexibility index (Phi) is 4.18. The number of carbonyl (C=O) groups is 1. The first kappa shape index (κ1) is 12.8. The lowest BCUT2D eigenvalue weighted by atomic mass is 10.1. The Bertz CT molecular complexity index is 280. The number of carbonyl (C=O) groups excluding carboxylic acids is 1. The van der Waals surface area contributed by atoms with E-state index in [-0.39, 0.29) is 18.2 Å². The van der Waals surface area contributed by atoms with E-state index in [4.69, 9.17) is 9.47 Å². The van der Waals surface area contributed by atoms with Crippen molar-refractivity contribution in [3.05, 3.63) is 12.0 Å². The zero-order chi connectivity index (χ0) is 12.2. The number of nitrogens with zero attached hydrogens (tertiary/aromatic N) is 1. The molecule has 0 atom stereocenters. The van der Waals surface area contributed by atoms with Crippen LogP contribution in [0.1, 0.15) is 20.8 Å². The smallest absolute Gasteiger partial charge is 0.292 e. The molecule has 0 unspecified atom stereocenters. The Hall–Kier alpha value is -1.23. The minimum atomic E-state index is -0.915. The van der Waals surface area contributed by atoms with E-state index in [1.165, 1.54) is 11.2 Å². The molecular weight excluding hydrogens is 210 g/mol. The van der Waals surface area contributed by atoms with Crippen molar-refractivity contribution in [3.8, 4) is 0 Å². The molecule has 16 heavy (non-hydrogen) atoms. The number of hydrogen-bond donors (Lipinski definition) is 1. The van der Waals surface area contributed by atoms with E-state index in [2.05, 4.69) is 0 Å². The highest BCUT2D eigenvalue weighted by Crippen LogP contribution is 2.12. The van der Waals surface area contributed by atoms with Crippen LogP contribution in [-0.2, 0) is 14.3 Å². The van der Waals surface area contributed by atoms with Crippen LogP contribution < -0.4 is 0 Å². The quantitative estimate of drug-likeness (QED) is 0.762. The van der Waals surface area contributed by atoms with E-state index < -0.39 is 5.60 Å². The van der Waals surface area contributed by atoms with Crippen LogP contribution in [-0.4, -0.2) is 47.8 Å². The maximum absolute atomic E-state index is 11.9. The molecule has 92 valence electrons. The van der Waals surface area contributed by atoms with Crippen molar-refractivity contribution in [1.29, 1.82) is 0 Å². The number of ether oxygens (including phenoxy) is 2. The first-order valence-corrected chi connectivity index (χ1v) is 5.40. The summed E-state index contributed by atoms with van der Waals surface area (Å²) in [4.78, 5) is 13.5. The highest BCUT2D eigenvalue weighted by molar-refractivity contribution is 5.91. The zero-order valence-corrected chi connectivity index (χ0v) is 10.0. The van der Waals surface area contributed by atoms with Crippen LogP contribution in [0.3, 0.4) is 0 Å². The topological polar surface area (TPSA) is 59.0 Å². The normalized spacial score (nSPS) is 15.9. The van der Waals surface area contributed by atoms with Gasteiger partial charge in [0, 0.05) is 13.1 Å². The van der Waals surface area contributed by atoms with Crippen LogP contribution in [0.25, 0.3) is 0 Å². The molecular formula is C11H19NO4. The Morgan fingerprint density at radius 3 is 2.69 bits per heavy atom. The van der Waals surface area contributed by atoms with E-state index in [0.717, 1.165) is 0 Å². The van der Waals surface area contributed by atoms with Gasteiger partial charge in [0.05, 0.1) is 5.60 Å². The first-order valence-electron chi connectivity index (χ1n) is 5.40. The van der Waals surface area contributed by atoms with Crippen molar-refractivity contribution < 1.29 is 19.4 Å². The Morgan fingerprint density at radius 1 is 1.56 bits per heavy atom. The summed E-state index contributed by atoms with van der Waals surface area (Å²) in [6.45, 7) is 6.82. The van der Waals surface area contributed by atoms with Crippen molar-refractivity contribution in [2.24, 2.45) is 0 Å². The van der Waals surface area contributed by atoms with Gasteiger partial charge in [0.25, 0.3) is 5.91 Å². The molecule has 0 aromatic carbocycles. The molecule has 0 aromatic rings. The van der Waals surface area contributed by atoms with Crippen LogP contribution in [0, 0.1) is 0 Å². The van der Waals surface area contributed by atoms with E-state index in [0.29, 0.717) is 19.8 Å². The van der Waals surface area contributed by atoms with Gasteiger partial charge in [-0.15, -0.1) is 0 Å². The molecule has 0 saturated heterocycles. The number of amides is 1. The van der Waals surface area contributed by atoms with Gasteiger partial charge in [0.1, 0.15) is 19.5 Å². The summed E-state index contributed by atoms with van der Waals surface area (Å²) >= 11 is 0. The number of hydrogen-bond acceptors (Lipinski definition) is 4. The summed E-state index contributed by atoms with van der Waals surface area (Å²) in [6, 6.07) is 0. The highest BCUT2D eigenvalue weighted by atomic mass is 16.6. The van der Waals surface area contributed by atoms with Gasteiger partial charge in [-0.3, -0.25) is 4.79 Å². The zero-order valence-electron chi connectivity index (χ0n) is 10.0. The lowest BCUT2D eigenvalue weighted by molar-refractivity contribution is -0.135. The van der Waals surface area contributed by atoms with E-state index in [9.17, 15) is 9.90 Å². The predicted octanol–water partition coefficient (Wildman–Crippen LogP) is 0.494. The average molecular weight is 229 g/mol. The van der Waals surface area contributed by atoms with Crippen molar-refractivity contribution in [3.63, 3.8) is 0 Å². The molecule has 0 fully saturated rings. The molecule has 1 heterocycles. The van der Waals surface area contributed by atoms with Gasteiger partial charge in [0.15, 0.2) is 0 Å². The third-order valence-electron chi connectivity index (χ3n) is 2.11. The van der Waals surface area contributed by atoms with Gasteiger partial charge in [-0.1, -0.05) is 0 Å². The number of rotatable bonds is 4. The Morgan fingerprint density at radius 2 is 2.25 bits per heavy atom. The molecule has 1 N–H and O–H groups in total. The van der Waals surface area contributed by atoms with Crippen molar-refractivity contribution in [2.45, 2.75) is 26.4 Å². The molecule has 0 aromatic heterocycles. The first-order chi connectivity index (χ1) is 7.44. The molecule has 0 spiro atoms. The third kappa shape index (κ3) is 3.73. The van der Waals surface area contributed by atoms with Gasteiger partial charge >= 0.3 is 0 Å². The summed E-state index contributed by atoms with van der Waals surface area (Å²) in [5, 5.41) is 9.68. The van der Waals surface area contributed by atoms with Gasteiger partial charge in [0.2, 0.25) is 5.76 Å².